The van der Waals surface area contributed by atoms with Crippen LogP contribution in [0.25, 0.3) is 5.57 Å². The van der Waals surface area contributed by atoms with Crippen LogP contribution >= 0.6 is 0 Å². The van der Waals surface area contributed by atoms with Crippen LogP contribution in [-0.4, -0.2) is 69.4 Å². The third-order valence-corrected chi connectivity index (χ3v) is 11.1. The normalized spacial score (nSPS) is 23.1. The number of allylic oxidation sites excluding steroid dienone is 2. The van der Waals surface area contributed by atoms with Crippen molar-refractivity contribution in [2.24, 2.45) is 5.92 Å². The molecule has 1 aliphatic carbocycles. The Morgan fingerprint density at radius 3 is 2.53 bits per heavy atom. The minimum absolute atomic E-state index is 0.0149. The Balaban J connectivity index is 1.74. The molecule has 3 atom stereocenters. The highest BCUT2D eigenvalue weighted by Crippen LogP contribution is 2.37. The smallest absolute Gasteiger partial charge is 0.247 e. The molecule has 0 bridgehead atoms. The molecule has 0 saturated heterocycles. The van der Waals surface area contributed by atoms with Gasteiger partial charge in [-0.15, -0.1) is 0 Å². The van der Waals surface area contributed by atoms with E-state index in [1.165, 1.54) is 23.5 Å². The molecular formula is C27H35FN2O6S2. The van der Waals surface area contributed by atoms with Gasteiger partial charge in [0.15, 0.2) is 0 Å². The zero-order chi connectivity index (χ0) is 27.7. The average molecular weight is 567 g/mol. The zero-order valence-electron chi connectivity index (χ0n) is 21.9. The standard InChI is InChI=1S/C27H35FN2O6S2/c1-19-16-30(20(2)18-31)38(34,35)27-14-9-22(21-7-5-4-6-8-21)15-25(27)36-26(19)17-29(3)37(32,33)24-12-10-23(28)11-13-24/h7,9-15,19-20,26,31H,4-6,8,16-18H2,1-3H3/t19-,20+,26-/m1/s1. The summed E-state index contributed by atoms with van der Waals surface area (Å²) in [5.74, 6) is -0.799. The topological polar surface area (TPSA) is 104 Å². The molecule has 0 spiro atoms. The summed E-state index contributed by atoms with van der Waals surface area (Å²) in [5, 5.41) is 9.83. The highest BCUT2D eigenvalue weighted by molar-refractivity contribution is 7.89. The largest absolute Gasteiger partial charge is 0.487 e. The molecule has 1 N–H and O–H groups in total. The summed E-state index contributed by atoms with van der Waals surface area (Å²) in [6.07, 6.45) is 5.47. The van der Waals surface area contributed by atoms with Crippen molar-refractivity contribution in [3.05, 3.63) is 59.9 Å². The molecule has 1 aliphatic heterocycles. The number of aliphatic hydroxyl groups is 1. The van der Waals surface area contributed by atoms with Gasteiger partial charge in [-0.05, 0) is 80.1 Å². The molecule has 2 aromatic rings. The molecule has 38 heavy (non-hydrogen) atoms. The maximum atomic E-state index is 13.7. The second-order valence-corrected chi connectivity index (χ2v) is 14.0. The van der Waals surface area contributed by atoms with Gasteiger partial charge in [-0.3, -0.25) is 0 Å². The number of nitrogens with zero attached hydrogens (tertiary/aromatic N) is 2. The van der Waals surface area contributed by atoms with Crippen LogP contribution in [0, 0.1) is 11.7 Å². The van der Waals surface area contributed by atoms with Crippen LogP contribution in [0.5, 0.6) is 5.75 Å². The van der Waals surface area contributed by atoms with E-state index in [0.29, 0.717) is 0 Å². The highest BCUT2D eigenvalue weighted by atomic mass is 32.2. The molecule has 8 nitrogen and oxygen atoms in total. The van der Waals surface area contributed by atoms with E-state index in [2.05, 4.69) is 6.08 Å². The van der Waals surface area contributed by atoms with Gasteiger partial charge in [-0.2, -0.15) is 8.61 Å². The van der Waals surface area contributed by atoms with Gasteiger partial charge >= 0.3 is 0 Å². The first-order chi connectivity index (χ1) is 17.9. The fourth-order valence-electron chi connectivity index (χ4n) is 4.88. The highest BCUT2D eigenvalue weighted by Gasteiger charge is 2.39. The van der Waals surface area contributed by atoms with Crippen LogP contribution in [0.2, 0.25) is 0 Å². The molecule has 0 saturated carbocycles. The quantitative estimate of drug-likeness (QED) is 0.546. The number of fused-ring (bicyclic) bond motifs is 1. The van der Waals surface area contributed by atoms with Gasteiger partial charge < -0.3 is 9.84 Å². The van der Waals surface area contributed by atoms with E-state index < -0.39 is 43.9 Å². The predicted molar refractivity (Wildman–Crippen MR) is 143 cm³/mol. The van der Waals surface area contributed by atoms with Crippen molar-refractivity contribution in [2.45, 2.75) is 61.5 Å². The van der Waals surface area contributed by atoms with Crippen molar-refractivity contribution in [1.82, 2.24) is 8.61 Å². The first-order valence-electron chi connectivity index (χ1n) is 12.8. The minimum atomic E-state index is -4.00. The van der Waals surface area contributed by atoms with E-state index in [0.717, 1.165) is 53.3 Å². The lowest BCUT2D eigenvalue weighted by atomic mass is 9.93. The first-order valence-corrected chi connectivity index (χ1v) is 15.7. The van der Waals surface area contributed by atoms with Gasteiger partial charge in [0.25, 0.3) is 0 Å². The monoisotopic (exact) mass is 566 g/mol. The first kappa shape index (κ1) is 28.7. The summed E-state index contributed by atoms with van der Waals surface area (Å²) in [7, 11) is -6.53. The Labute approximate surface area is 224 Å². The van der Waals surface area contributed by atoms with Gasteiger partial charge in [0.05, 0.1) is 18.0 Å². The van der Waals surface area contributed by atoms with Crippen LogP contribution in [0.4, 0.5) is 4.39 Å². The van der Waals surface area contributed by atoms with Gasteiger partial charge in [-0.25, -0.2) is 21.2 Å². The number of aliphatic hydroxyl groups excluding tert-OH is 1. The lowest BCUT2D eigenvalue weighted by Gasteiger charge is -2.37. The number of ether oxygens (including phenoxy) is 1. The minimum Gasteiger partial charge on any atom is -0.487 e. The maximum Gasteiger partial charge on any atom is 0.247 e. The summed E-state index contributed by atoms with van der Waals surface area (Å²) in [4.78, 5) is -0.0659. The molecule has 2 aliphatic rings. The number of hydrogen-bond donors (Lipinski definition) is 1. The SMILES string of the molecule is C[C@@H]1CN([C@@H](C)CO)S(=O)(=O)c2ccc(C3=CCCCC3)cc2O[C@@H]1CN(C)S(=O)(=O)c1ccc(F)cc1. The number of benzene rings is 2. The van der Waals surface area contributed by atoms with Crippen LogP contribution in [0.15, 0.2) is 58.3 Å². The molecule has 0 aromatic heterocycles. The van der Waals surface area contributed by atoms with Gasteiger partial charge in [-0.1, -0.05) is 19.1 Å². The maximum absolute atomic E-state index is 13.7. The summed E-state index contributed by atoms with van der Waals surface area (Å²) < 4.78 is 75.9. The third kappa shape index (κ3) is 5.81. The van der Waals surface area contributed by atoms with Gasteiger partial charge in [0.2, 0.25) is 20.0 Å². The molecular weight excluding hydrogens is 531 g/mol. The van der Waals surface area contributed by atoms with Crippen molar-refractivity contribution in [2.75, 3.05) is 26.7 Å². The van der Waals surface area contributed by atoms with E-state index in [-0.39, 0.29) is 35.2 Å². The zero-order valence-corrected chi connectivity index (χ0v) is 23.5. The Bertz CT molecular complexity index is 1390. The summed E-state index contributed by atoms with van der Waals surface area (Å²) >= 11 is 0. The van der Waals surface area contributed by atoms with Crippen molar-refractivity contribution in [3.63, 3.8) is 0 Å². The molecule has 11 heteroatoms. The Hall–Kier alpha value is -2.31. The molecule has 0 amide bonds. The molecule has 208 valence electrons. The van der Waals surface area contributed by atoms with Crippen molar-refractivity contribution in [3.8, 4) is 5.75 Å². The number of rotatable bonds is 7. The average Bonchev–Trinajstić information content (AvgIpc) is 2.90. The lowest BCUT2D eigenvalue weighted by Crippen LogP contribution is -2.50. The third-order valence-electron chi connectivity index (χ3n) is 7.29. The predicted octanol–water partition coefficient (Wildman–Crippen LogP) is 3.87. The van der Waals surface area contributed by atoms with Gasteiger partial charge in [0.1, 0.15) is 22.6 Å². The van der Waals surface area contributed by atoms with Crippen LogP contribution in [-0.2, 0) is 20.0 Å². The Morgan fingerprint density at radius 2 is 1.89 bits per heavy atom. The molecule has 4 rings (SSSR count). The lowest BCUT2D eigenvalue weighted by molar-refractivity contribution is 0.0904. The van der Waals surface area contributed by atoms with Crippen LogP contribution in [0.1, 0.15) is 45.1 Å². The van der Waals surface area contributed by atoms with E-state index in [4.69, 9.17) is 4.74 Å². The van der Waals surface area contributed by atoms with Crippen molar-refractivity contribution < 1.29 is 31.1 Å². The number of sulfonamides is 2. The fraction of sp³-hybridized carbons (Fsp3) is 0.481. The second kappa shape index (κ2) is 11.4. The van der Waals surface area contributed by atoms with Crippen LogP contribution in [0.3, 0.4) is 0 Å². The second-order valence-electron chi connectivity index (χ2n) is 10.1. The fourth-order valence-corrected chi connectivity index (χ4v) is 7.89. The van der Waals surface area contributed by atoms with Crippen molar-refractivity contribution >= 4 is 25.6 Å². The molecule has 0 unspecified atom stereocenters. The van der Waals surface area contributed by atoms with E-state index >= 15 is 0 Å². The number of halogens is 1. The van der Waals surface area contributed by atoms with E-state index in [1.807, 2.05) is 0 Å². The molecule has 1 heterocycles. The van der Waals surface area contributed by atoms with E-state index in [9.17, 15) is 26.3 Å². The van der Waals surface area contributed by atoms with E-state index in [1.54, 1.807) is 32.0 Å². The van der Waals surface area contributed by atoms with Gasteiger partial charge in [0, 0.05) is 25.6 Å². The molecule has 0 radical (unpaired) electrons. The number of likely N-dealkylation sites (N-methyl/N-ethyl adjacent to an activating group) is 1. The molecule has 0 fully saturated rings. The molecule has 2 aromatic carbocycles. The van der Waals surface area contributed by atoms with Crippen LogP contribution < -0.4 is 4.74 Å². The van der Waals surface area contributed by atoms with Crippen molar-refractivity contribution in [1.29, 1.82) is 0 Å². The summed E-state index contributed by atoms with van der Waals surface area (Å²) in [5.41, 5.74) is 2.00. The number of hydrogen-bond acceptors (Lipinski definition) is 6. The summed E-state index contributed by atoms with van der Waals surface area (Å²) in [6.45, 7) is 3.04. The Kier molecular flexibility index (Phi) is 8.63. The summed E-state index contributed by atoms with van der Waals surface area (Å²) in [6, 6.07) is 8.96. The Morgan fingerprint density at radius 1 is 1.18 bits per heavy atom.